The number of anilines is 1. The van der Waals surface area contributed by atoms with Crippen molar-refractivity contribution in [1.29, 1.82) is 0 Å². The van der Waals surface area contributed by atoms with Crippen molar-refractivity contribution in [3.05, 3.63) is 34.1 Å². The first kappa shape index (κ1) is 13.0. The number of benzene rings is 1. The highest BCUT2D eigenvalue weighted by Crippen LogP contribution is 2.34. The average molecular weight is 279 g/mol. The lowest BCUT2D eigenvalue weighted by Crippen LogP contribution is -2.32. The molecule has 2 heterocycles. The summed E-state index contributed by atoms with van der Waals surface area (Å²) in [6, 6.07) is 3.97. The fraction of sp³-hybridized carbons (Fsp3) is 0.462. The predicted octanol–water partition coefficient (Wildman–Crippen LogP) is 1.81. The third-order valence-electron chi connectivity index (χ3n) is 4.05. The minimum Gasteiger partial charge on any atom is -0.326 e. The molecule has 6 nitrogen and oxygen atoms in total. The zero-order chi connectivity index (χ0) is 14.3. The Kier molecular flexibility index (Phi) is 3.13. The number of rotatable bonds is 3. The summed E-state index contributed by atoms with van der Waals surface area (Å²) in [5.41, 5.74) is -0.375. The average Bonchev–Trinajstić information content (AvgIpc) is 3.03. The molecule has 2 aliphatic rings. The Bertz CT molecular complexity index is 578. The molecule has 1 aromatic rings. The number of hydrogen-bond donors (Lipinski definition) is 2. The van der Waals surface area contributed by atoms with Crippen LogP contribution in [0.5, 0.6) is 0 Å². The molecule has 0 spiro atoms. The van der Waals surface area contributed by atoms with Crippen LogP contribution in [0.4, 0.5) is 15.8 Å². The highest BCUT2D eigenvalue weighted by Gasteiger charge is 2.42. The topological polar surface area (TPSA) is 84.3 Å². The van der Waals surface area contributed by atoms with E-state index in [-0.39, 0.29) is 23.6 Å². The Morgan fingerprint density at radius 1 is 1.45 bits per heavy atom. The molecule has 1 aromatic carbocycles. The van der Waals surface area contributed by atoms with Gasteiger partial charge in [0.25, 0.3) is 0 Å². The van der Waals surface area contributed by atoms with E-state index in [0.717, 1.165) is 31.4 Å². The Morgan fingerprint density at radius 3 is 2.85 bits per heavy atom. The maximum absolute atomic E-state index is 13.2. The second-order valence-corrected chi connectivity index (χ2v) is 5.30. The second-order valence-electron chi connectivity index (χ2n) is 5.30. The van der Waals surface area contributed by atoms with Gasteiger partial charge < -0.3 is 10.6 Å². The maximum atomic E-state index is 13.2. The molecule has 0 radical (unpaired) electrons. The Morgan fingerprint density at radius 2 is 2.25 bits per heavy atom. The minimum absolute atomic E-state index is 0.113. The number of hydrogen-bond acceptors (Lipinski definition) is 4. The van der Waals surface area contributed by atoms with Crippen LogP contribution in [-0.2, 0) is 4.79 Å². The summed E-state index contributed by atoms with van der Waals surface area (Å²) >= 11 is 0. The molecule has 3 unspecified atom stereocenters. The van der Waals surface area contributed by atoms with Crippen molar-refractivity contribution in [2.75, 3.05) is 5.32 Å². The van der Waals surface area contributed by atoms with Gasteiger partial charge in [0.15, 0.2) is 0 Å². The molecule has 1 amide bonds. The summed E-state index contributed by atoms with van der Waals surface area (Å²) in [6.45, 7) is 0. The van der Waals surface area contributed by atoms with E-state index in [1.165, 1.54) is 6.07 Å². The van der Waals surface area contributed by atoms with Gasteiger partial charge in [-0.05, 0) is 31.4 Å². The highest BCUT2D eigenvalue weighted by molar-refractivity contribution is 5.93. The van der Waals surface area contributed by atoms with Crippen LogP contribution in [0.2, 0.25) is 0 Å². The quantitative estimate of drug-likeness (QED) is 0.653. The van der Waals surface area contributed by atoms with Gasteiger partial charge in [-0.25, -0.2) is 0 Å². The molecule has 7 heteroatoms. The molecule has 2 bridgehead atoms. The maximum Gasteiger partial charge on any atom is 0.306 e. The van der Waals surface area contributed by atoms with Crippen LogP contribution in [0.15, 0.2) is 18.2 Å². The van der Waals surface area contributed by atoms with Gasteiger partial charge in [0, 0.05) is 23.8 Å². The van der Waals surface area contributed by atoms with E-state index in [9.17, 15) is 19.3 Å². The molecule has 0 saturated carbocycles. The number of fused-ring (bicyclic) bond motifs is 2. The second kappa shape index (κ2) is 4.82. The van der Waals surface area contributed by atoms with Crippen LogP contribution < -0.4 is 10.6 Å². The molecule has 2 aliphatic heterocycles. The van der Waals surface area contributed by atoms with Crippen LogP contribution in [0.25, 0.3) is 0 Å². The standard InChI is InChI=1S/C13H14FN3O3/c14-10-3-1-8(6-12(10)17(19)20)16-13(18)9-5-7-2-4-11(9)15-7/h1,3,6-7,9,11,15H,2,4-5H2,(H,16,18). The zero-order valence-electron chi connectivity index (χ0n) is 10.6. The summed E-state index contributed by atoms with van der Waals surface area (Å²) < 4.78 is 13.2. The Balaban J connectivity index is 1.73. The number of nitrogens with zero attached hydrogens (tertiary/aromatic N) is 1. The highest BCUT2D eigenvalue weighted by atomic mass is 19.1. The van der Waals surface area contributed by atoms with E-state index < -0.39 is 16.4 Å². The molecule has 3 rings (SSSR count). The first-order valence-electron chi connectivity index (χ1n) is 6.55. The van der Waals surface area contributed by atoms with E-state index in [1.54, 1.807) is 0 Å². The fourth-order valence-corrected chi connectivity index (χ4v) is 3.08. The number of nitrogens with one attached hydrogen (secondary N) is 2. The van der Waals surface area contributed by atoms with Gasteiger partial charge in [0.2, 0.25) is 11.7 Å². The third kappa shape index (κ3) is 2.24. The molecule has 3 atom stereocenters. The van der Waals surface area contributed by atoms with Crippen molar-refractivity contribution in [2.24, 2.45) is 5.92 Å². The number of nitro groups is 1. The largest absolute Gasteiger partial charge is 0.326 e. The van der Waals surface area contributed by atoms with Gasteiger partial charge in [-0.3, -0.25) is 14.9 Å². The van der Waals surface area contributed by atoms with Gasteiger partial charge >= 0.3 is 5.69 Å². The van der Waals surface area contributed by atoms with Gasteiger partial charge in [0.1, 0.15) is 0 Å². The van der Waals surface area contributed by atoms with Gasteiger partial charge in [-0.1, -0.05) is 0 Å². The van der Waals surface area contributed by atoms with Gasteiger partial charge in [0.05, 0.1) is 10.8 Å². The molecule has 106 valence electrons. The molecule has 0 aliphatic carbocycles. The lowest BCUT2D eigenvalue weighted by molar-refractivity contribution is -0.387. The van der Waals surface area contributed by atoms with Crippen molar-refractivity contribution in [2.45, 2.75) is 31.3 Å². The Labute approximate surface area is 114 Å². The van der Waals surface area contributed by atoms with E-state index in [1.807, 2.05) is 0 Å². The summed E-state index contributed by atoms with van der Waals surface area (Å²) in [4.78, 5) is 22.0. The monoisotopic (exact) mass is 279 g/mol. The van der Waals surface area contributed by atoms with E-state index in [0.29, 0.717) is 6.04 Å². The minimum atomic E-state index is -0.908. The predicted molar refractivity (Wildman–Crippen MR) is 69.7 cm³/mol. The van der Waals surface area contributed by atoms with Crippen molar-refractivity contribution < 1.29 is 14.1 Å². The third-order valence-corrected chi connectivity index (χ3v) is 4.05. The van der Waals surface area contributed by atoms with Gasteiger partial charge in [-0.15, -0.1) is 0 Å². The fourth-order valence-electron chi connectivity index (χ4n) is 3.08. The smallest absolute Gasteiger partial charge is 0.306 e. The molecule has 2 fully saturated rings. The first-order valence-corrected chi connectivity index (χ1v) is 6.55. The van der Waals surface area contributed by atoms with E-state index in [4.69, 9.17) is 0 Å². The molecular weight excluding hydrogens is 265 g/mol. The van der Waals surface area contributed by atoms with Crippen LogP contribution in [0.1, 0.15) is 19.3 Å². The number of amides is 1. The number of nitro benzene ring substituents is 1. The summed E-state index contributed by atoms with van der Waals surface area (Å²) in [5, 5.41) is 16.7. The lowest BCUT2D eigenvalue weighted by Gasteiger charge is -2.19. The molecule has 20 heavy (non-hydrogen) atoms. The zero-order valence-corrected chi connectivity index (χ0v) is 10.6. The lowest BCUT2D eigenvalue weighted by atomic mass is 9.88. The SMILES string of the molecule is O=C(Nc1ccc(F)c([N+](=O)[O-])c1)C1CC2CCC1N2. The van der Waals surface area contributed by atoms with Crippen LogP contribution in [-0.4, -0.2) is 22.9 Å². The normalized spacial score (nSPS) is 27.6. The van der Waals surface area contributed by atoms with Crippen LogP contribution in [0, 0.1) is 21.8 Å². The van der Waals surface area contributed by atoms with Crippen LogP contribution >= 0.6 is 0 Å². The van der Waals surface area contributed by atoms with E-state index >= 15 is 0 Å². The number of carbonyl (C=O) groups excluding carboxylic acids is 1. The van der Waals surface area contributed by atoms with Gasteiger partial charge in [-0.2, -0.15) is 4.39 Å². The molecular formula is C13H14FN3O3. The first-order chi connectivity index (χ1) is 9.54. The van der Waals surface area contributed by atoms with E-state index in [2.05, 4.69) is 10.6 Å². The van der Waals surface area contributed by atoms with Crippen molar-refractivity contribution in [3.8, 4) is 0 Å². The number of halogens is 1. The summed E-state index contributed by atoms with van der Waals surface area (Å²) in [6.07, 6.45) is 2.86. The summed E-state index contributed by atoms with van der Waals surface area (Å²) in [7, 11) is 0. The summed E-state index contributed by atoms with van der Waals surface area (Å²) in [5.74, 6) is -1.18. The van der Waals surface area contributed by atoms with Crippen molar-refractivity contribution in [3.63, 3.8) is 0 Å². The van der Waals surface area contributed by atoms with Crippen molar-refractivity contribution >= 4 is 17.3 Å². The Hall–Kier alpha value is -2.02. The number of carbonyl (C=O) groups is 1. The van der Waals surface area contributed by atoms with Crippen LogP contribution in [0.3, 0.4) is 0 Å². The van der Waals surface area contributed by atoms with Crippen molar-refractivity contribution in [1.82, 2.24) is 5.32 Å². The molecule has 2 saturated heterocycles. The molecule has 2 N–H and O–H groups in total. The molecule has 0 aromatic heterocycles.